The molecule has 2 amide bonds. The van der Waals surface area contributed by atoms with Crippen molar-refractivity contribution in [1.29, 1.82) is 0 Å². The summed E-state index contributed by atoms with van der Waals surface area (Å²) < 4.78 is 0. The lowest BCUT2D eigenvalue weighted by Crippen LogP contribution is -3.00. The average Bonchev–Trinajstić information content (AvgIpc) is 3.01. The van der Waals surface area contributed by atoms with Crippen LogP contribution in [0.1, 0.15) is 175 Å². The summed E-state index contributed by atoms with van der Waals surface area (Å²) in [7, 11) is 0. The third-order valence-electron chi connectivity index (χ3n) is 8.56. The molecule has 0 aromatic carbocycles. The number of hydrogen-bond donors (Lipinski definition) is 4. The molecule has 11 heteroatoms. The Hall–Kier alpha value is -0.800. The number of nitrogens with one attached hydrogen (secondary N) is 1. The van der Waals surface area contributed by atoms with E-state index in [2.05, 4.69) is 24.2 Å². The van der Waals surface area contributed by atoms with E-state index in [1.807, 2.05) is 4.90 Å². The summed E-state index contributed by atoms with van der Waals surface area (Å²) in [5.41, 5.74) is 17.9. The van der Waals surface area contributed by atoms with E-state index in [0.717, 1.165) is 38.8 Å². The summed E-state index contributed by atoms with van der Waals surface area (Å²) in [6, 6.07) is -1.40. The van der Waals surface area contributed by atoms with Gasteiger partial charge in [0.25, 0.3) is 0 Å². The molecule has 0 saturated heterocycles. The fourth-order valence-electron chi connectivity index (χ4n) is 5.63. The van der Waals surface area contributed by atoms with E-state index in [9.17, 15) is 9.59 Å². The quantitative estimate of drug-likeness (QED) is 0.0375. The van der Waals surface area contributed by atoms with Crippen molar-refractivity contribution >= 4 is 17.6 Å². The van der Waals surface area contributed by atoms with Crippen LogP contribution in [0.3, 0.4) is 0 Å². The number of halogens is 3. The van der Waals surface area contributed by atoms with Gasteiger partial charge in [0.05, 0.1) is 11.9 Å². The monoisotopic (exact) mass is 727 g/mol. The first-order chi connectivity index (χ1) is 21.3. The molecular weight excluding hydrogens is 655 g/mol. The highest BCUT2D eigenvalue weighted by Gasteiger charge is 2.22. The Labute approximate surface area is 309 Å². The number of amidine groups is 1. The molecule has 47 heavy (non-hydrogen) atoms. The first-order valence-electron chi connectivity index (χ1n) is 18.7. The predicted octanol–water partition coefficient (Wildman–Crippen LogP) is -1.62. The Morgan fingerprint density at radius 1 is 0.596 bits per heavy atom. The lowest BCUT2D eigenvalue weighted by atomic mass is 10.0. The van der Waals surface area contributed by atoms with Crippen LogP contribution >= 0.6 is 0 Å². The van der Waals surface area contributed by atoms with Gasteiger partial charge in [0.2, 0.25) is 11.8 Å². The zero-order valence-corrected chi connectivity index (χ0v) is 32.8. The zero-order valence-electron chi connectivity index (χ0n) is 30.5. The molecule has 0 rings (SSSR count). The molecule has 0 radical (unpaired) electrons. The summed E-state index contributed by atoms with van der Waals surface area (Å²) in [5.74, 6) is 0.188. The van der Waals surface area contributed by atoms with Gasteiger partial charge in [0.15, 0.2) is 0 Å². The Kier molecular flexibility index (Phi) is 44.7. The topological polar surface area (TPSA) is 140 Å². The third kappa shape index (κ3) is 34.8. The standard InChI is InChI=1S/C36H74N6O2.3ClH/c1-4-6-8-10-12-14-16-17-19-21-23-25-30-42(29-24-22-20-18-15-13-11-9-7-5-2)36(44)34(39)31-41-35(43)33(38)27-26-28-40-32(3)37;;;/h33-34H,4-31,38-39H2,1-3H3,(H2,37,40)(H,41,43);3*1H/p-3. The predicted molar refractivity (Wildman–Crippen MR) is 190 cm³/mol. The molecule has 0 aromatic heterocycles. The van der Waals surface area contributed by atoms with E-state index < -0.39 is 12.1 Å². The lowest BCUT2D eigenvalue weighted by molar-refractivity contribution is -0.133. The maximum Gasteiger partial charge on any atom is 0.241 e. The fraction of sp³-hybridized carbons (Fsp3) is 0.917. The smallest absolute Gasteiger partial charge is 0.241 e. The van der Waals surface area contributed by atoms with Gasteiger partial charge in [-0.05, 0) is 32.6 Å². The van der Waals surface area contributed by atoms with Crippen LogP contribution in [0.2, 0.25) is 0 Å². The fourth-order valence-corrected chi connectivity index (χ4v) is 5.63. The molecule has 0 spiro atoms. The van der Waals surface area contributed by atoms with Crippen molar-refractivity contribution in [2.24, 2.45) is 22.2 Å². The lowest BCUT2D eigenvalue weighted by Gasteiger charge is -2.26. The molecule has 2 atom stereocenters. The van der Waals surface area contributed by atoms with Crippen molar-refractivity contribution in [1.82, 2.24) is 10.2 Å². The molecule has 0 aliphatic carbocycles. The van der Waals surface area contributed by atoms with Crippen LogP contribution in [0.15, 0.2) is 4.99 Å². The second-order valence-corrected chi connectivity index (χ2v) is 13.0. The minimum atomic E-state index is -0.754. The van der Waals surface area contributed by atoms with Gasteiger partial charge in [-0.1, -0.05) is 142 Å². The Morgan fingerprint density at radius 3 is 1.32 bits per heavy atom. The van der Waals surface area contributed by atoms with E-state index >= 15 is 0 Å². The molecule has 0 aliphatic heterocycles. The maximum absolute atomic E-state index is 13.3. The molecule has 284 valence electrons. The molecule has 7 N–H and O–H groups in total. The SMILES string of the molecule is CCCCCCCCCCCCCCN(CCCCCCCCCCCC)C(=O)C(N)CNC(=O)C(N)CCCN=C(C)N.[Cl-].[Cl-].[Cl-]. The van der Waals surface area contributed by atoms with Crippen molar-refractivity contribution in [3.63, 3.8) is 0 Å². The highest BCUT2D eigenvalue weighted by molar-refractivity contribution is 5.85. The summed E-state index contributed by atoms with van der Waals surface area (Å²) in [6.07, 6.45) is 29.4. The van der Waals surface area contributed by atoms with Gasteiger partial charge in [-0.25, -0.2) is 0 Å². The molecule has 0 aliphatic rings. The van der Waals surface area contributed by atoms with Crippen LogP contribution in [0.5, 0.6) is 0 Å². The third-order valence-corrected chi connectivity index (χ3v) is 8.56. The first kappa shape index (κ1) is 53.0. The number of carbonyl (C=O) groups excluding carboxylic acids is 2. The molecule has 0 fully saturated rings. The number of nitrogens with zero attached hydrogens (tertiary/aromatic N) is 2. The Balaban J connectivity index is -0.00000308. The summed E-state index contributed by atoms with van der Waals surface area (Å²) >= 11 is 0. The van der Waals surface area contributed by atoms with Gasteiger partial charge in [-0.3, -0.25) is 14.6 Å². The van der Waals surface area contributed by atoms with Crippen LogP contribution in [0.25, 0.3) is 0 Å². The van der Waals surface area contributed by atoms with Crippen LogP contribution < -0.4 is 59.7 Å². The van der Waals surface area contributed by atoms with Crippen molar-refractivity contribution < 1.29 is 46.8 Å². The van der Waals surface area contributed by atoms with Crippen molar-refractivity contribution in [2.45, 2.75) is 187 Å². The van der Waals surface area contributed by atoms with E-state index in [1.165, 1.54) is 116 Å². The van der Waals surface area contributed by atoms with Gasteiger partial charge < -0.3 is 64.6 Å². The molecule has 0 bridgehead atoms. The number of carbonyl (C=O) groups is 2. The van der Waals surface area contributed by atoms with Crippen LogP contribution in [0.4, 0.5) is 0 Å². The first-order valence-corrected chi connectivity index (χ1v) is 18.7. The van der Waals surface area contributed by atoms with Gasteiger partial charge in [-0.2, -0.15) is 0 Å². The van der Waals surface area contributed by atoms with Crippen molar-refractivity contribution in [3.05, 3.63) is 0 Å². The highest BCUT2D eigenvalue weighted by atomic mass is 35.5. The van der Waals surface area contributed by atoms with E-state index in [1.54, 1.807) is 6.92 Å². The molecule has 0 heterocycles. The molecule has 0 aromatic rings. The van der Waals surface area contributed by atoms with Crippen LogP contribution in [0, 0.1) is 0 Å². The summed E-state index contributed by atoms with van der Waals surface area (Å²) in [4.78, 5) is 31.9. The highest BCUT2D eigenvalue weighted by Crippen LogP contribution is 2.14. The minimum absolute atomic E-state index is 0. The molecule has 8 nitrogen and oxygen atoms in total. The number of amides is 2. The van der Waals surface area contributed by atoms with E-state index in [-0.39, 0.29) is 55.6 Å². The summed E-state index contributed by atoms with van der Waals surface area (Å²) in [6.45, 7) is 8.42. The average molecular weight is 729 g/mol. The van der Waals surface area contributed by atoms with Crippen LogP contribution in [-0.2, 0) is 9.59 Å². The van der Waals surface area contributed by atoms with Crippen molar-refractivity contribution in [3.8, 4) is 0 Å². The van der Waals surface area contributed by atoms with Gasteiger partial charge >= 0.3 is 0 Å². The van der Waals surface area contributed by atoms with Crippen LogP contribution in [-0.4, -0.2) is 60.8 Å². The maximum atomic E-state index is 13.3. The van der Waals surface area contributed by atoms with Gasteiger partial charge in [0, 0.05) is 26.2 Å². The number of nitrogens with two attached hydrogens (primary N) is 3. The number of aliphatic imine (C=N–C) groups is 1. The number of hydrogen-bond acceptors (Lipinski definition) is 5. The van der Waals surface area contributed by atoms with Gasteiger partial charge in [0.1, 0.15) is 6.04 Å². The normalized spacial score (nSPS) is 12.3. The Morgan fingerprint density at radius 2 is 0.957 bits per heavy atom. The minimum Gasteiger partial charge on any atom is -1.00 e. The second kappa shape index (κ2) is 39.6. The molecule has 0 saturated carbocycles. The van der Waals surface area contributed by atoms with E-state index in [4.69, 9.17) is 17.2 Å². The number of rotatable bonds is 32. The zero-order chi connectivity index (χ0) is 32.7. The molecular formula is C36H74Cl3N6O2-3. The number of unbranched alkanes of at least 4 members (excludes halogenated alkanes) is 20. The molecule has 2 unspecified atom stereocenters. The largest absolute Gasteiger partial charge is 1.00 e. The van der Waals surface area contributed by atoms with E-state index in [0.29, 0.717) is 25.2 Å². The van der Waals surface area contributed by atoms with Gasteiger partial charge in [-0.15, -0.1) is 0 Å². The second-order valence-electron chi connectivity index (χ2n) is 13.0. The summed E-state index contributed by atoms with van der Waals surface area (Å²) in [5, 5.41) is 2.79. The Bertz CT molecular complexity index is 714. The van der Waals surface area contributed by atoms with Crippen molar-refractivity contribution in [2.75, 3.05) is 26.2 Å².